The van der Waals surface area contributed by atoms with Gasteiger partial charge in [-0.15, -0.1) is 11.3 Å². The Hall–Kier alpha value is -1.47. The lowest BCUT2D eigenvalue weighted by atomic mass is 10.1. The van der Waals surface area contributed by atoms with Gasteiger partial charge in [-0.3, -0.25) is 9.59 Å². The van der Waals surface area contributed by atoms with Gasteiger partial charge in [0.25, 0.3) is 0 Å². The average molecular weight is 310 g/mol. The summed E-state index contributed by atoms with van der Waals surface area (Å²) < 4.78 is 0. The Kier molecular flexibility index (Phi) is 4.95. The summed E-state index contributed by atoms with van der Waals surface area (Å²) in [5.41, 5.74) is 6.35. The van der Waals surface area contributed by atoms with E-state index < -0.39 is 0 Å². The molecule has 0 spiro atoms. The predicted octanol–water partition coefficient (Wildman–Crippen LogP) is 0.178. The highest BCUT2D eigenvalue weighted by atomic mass is 32.1. The number of amides is 2. The molecule has 2 rings (SSSR count). The summed E-state index contributed by atoms with van der Waals surface area (Å²) in [5, 5.41) is 0.973. The van der Waals surface area contributed by atoms with Crippen molar-refractivity contribution in [3.63, 3.8) is 0 Å². The van der Waals surface area contributed by atoms with Crippen molar-refractivity contribution in [2.24, 2.45) is 11.7 Å². The third-order valence-corrected chi connectivity index (χ3v) is 4.86. The molecule has 0 aromatic carbocycles. The Morgan fingerprint density at radius 3 is 2.62 bits per heavy atom. The van der Waals surface area contributed by atoms with E-state index in [2.05, 4.69) is 4.98 Å². The SMILES string of the molecule is Cc1nc(C)c(CC(=O)N2CCN(C)C[C@H](C(N)=O)C2)s1. The molecule has 1 saturated heterocycles. The van der Waals surface area contributed by atoms with Crippen molar-refractivity contribution in [1.82, 2.24) is 14.8 Å². The van der Waals surface area contributed by atoms with Gasteiger partial charge in [-0.25, -0.2) is 4.98 Å². The number of carbonyl (C=O) groups excluding carboxylic acids is 2. The zero-order valence-corrected chi connectivity index (χ0v) is 13.6. The highest BCUT2D eigenvalue weighted by Gasteiger charge is 2.27. The van der Waals surface area contributed by atoms with E-state index in [0.717, 1.165) is 22.1 Å². The topological polar surface area (TPSA) is 79.5 Å². The fourth-order valence-corrected chi connectivity index (χ4v) is 3.50. The van der Waals surface area contributed by atoms with E-state index in [1.54, 1.807) is 16.2 Å². The Labute approximate surface area is 128 Å². The zero-order valence-electron chi connectivity index (χ0n) is 12.8. The van der Waals surface area contributed by atoms with Crippen molar-refractivity contribution in [1.29, 1.82) is 0 Å². The van der Waals surface area contributed by atoms with Gasteiger partial charge in [-0.1, -0.05) is 0 Å². The van der Waals surface area contributed by atoms with Crippen LogP contribution in [0, 0.1) is 19.8 Å². The van der Waals surface area contributed by atoms with Crippen LogP contribution in [0.5, 0.6) is 0 Å². The molecule has 0 unspecified atom stereocenters. The van der Waals surface area contributed by atoms with Gasteiger partial charge in [-0.05, 0) is 20.9 Å². The second-order valence-corrected chi connectivity index (χ2v) is 6.91. The van der Waals surface area contributed by atoms with E-state index >= 15 is 0 Å². The van der Waals surface area contributed by atoms with E-state index in [-0.39, 0.29) is 17.7 Å². The molecule has 1 aliphatic rings. The molecule has 2 N–H and O–H groups in total. The van der Waals surface area contributed by atoms with Crippen molar-refractivity contribution in [3.05, 3.63) is 15.6 Å². The zero-order chi connectivity index (χ0) is 15.6. The molecule has 0 aliphatic carbocycles. The lowest BCUT2D eigenvalue weighted by Gasteiger charge is -2.22. The van der Waals surface area contributed by atoms with Gasteiger partial charge in [0, 0.05) is 31.1 Å². The molecule has 6 nitrogen and oxygen atoms in total. The lowest BCUT2D eigenvalue weighted by Crippen LogP contribution is -2.40. The van der Waals surface area contributed by atoms with Gasteiger partial charge in [0.1, 0.15) is 0 Å². The van der Waals surface area contributed by atoms with Gasteiger partial charge < -0.3 is 15.5 Å². The van der Waals surface area contributed by atoms with Crippen molar-refractivity contribution in [3.8, 4) is 0 Å². The molecule has 116 valence electrons. The normalized spacial score (nSPS) is 20.3. The highest BCUT2D eigenvalue weighted by molar-refractivity contribution is 7.11. The number of carbonyl (C=O) groups is 2. The van der Waals surface area contributed by atoms with Crippen molar-refractivity contribution < 1.29 is 9.59 Å². The summed E-state index contributed by atoms with van der Waals surface area (Å²) in [4.78, 5) is 33.1. The maximum Gasteiger partial charge on any atom is 0.227 e. The van der Waals surface area contributed by atoms with Crippen LogP contribution in [-0.4, -0.2) is 59.8 Å². The molecule has 1 aromatic rings. The summed E-state index contributed by atoms with van der Waals surface area (Å²) in [6, 6.07) is 0. The van der Waals surface area contributed by atoms with Gasteiger partial charge in [0.05, 0.1) is 23.0 Å². The number of nitrogens with zero attached hydrogens (tertiary/aromatic N) is 3. The van der Waals surface area contributed by atoms with E-state index in [1.165, 1.54) is 0 Å². The first kappa shape index (κ1) is 15.9. The summed E-state index contributed by atoms with van der Waals surface area (Å²) >= 11 is 1.56. The molecule has 1 aliphatic heterocycles. The van der Waals surface area contributed by atoms with Crippen LogP contribution in [0.1, 0.15) is 15.6 Å². The lowest BCUT2D eigenvalue weighted by molar-refractivity contribution is -0.131. The van der Waals surface area contributed by atoms with E-state index in [4.69, 9.17) is 5.73 Å². The minimum absolute atomic E-state index is 0.0447. The molecule has 1 aromatic heterocycles. The number of aromatic nitrogens is 1. The number of likely N-dealkylation sites (N-methyl/N-ethyl adjacent to an activating group) is 1. The number of nitrogens with two attached hydrogens (primary N) is 1. The third-order valence-electron chi connectivity index (χ3n) is 3.79. The molecule has 0 radical (unpaired) electrons. The second kappa shape index (κ2) is 6.53. The van der Waals surface area contributed by atoms with Crippen LogP contribution in [0.4, 0.5) is 0 Å². The standard InChI is InChI=1S/C14H22N4O2S/c1-9-12(21-10(2)16-9)6-13(19)18-5-4-17(3)7-11(8-18)14(15)20/h11H,4-8H2,1-3H3,(H2,15,20)/t11-/m0/s1. The van der Waals surface area contributed by atoms with Crippen LogP contribution in [0.25, 0.3) is 0 Å². The summed E-state index contributed by atoms with van der Waals surface area (Å²) in [7, 11) is 1.95. The van der Waals surface area contributed by atoms with Gasteiger partial charge >= 0.3 is 0 Å². The molecule has 2 amide bonds. The van der Waals surface area contributed by atoms with Crippen LogP contribution in [0.15, 0.2) is 0 Å². The Bertz CT molecular complexity index is 543. The molecule has 1 atom stereocenters. The first-order chi connectivity index (χ1) is 9.86. The van der Waals surface area contributed by atoms with E-state index in [0.29, 0.717) is 26.1 Å². The molecule has 7 heteroatoms. The Balaban J connectivity index is 2.06. The van der Waals surface area contributed by atoms with Crippen LogP contribution in [0.3, 0.4) is 0 Å². The maximum atomic E-state index is 12.5. The van der Waals surface area contributed by atoms with Crippen molar-refractivity contribution in [2.75, 3.05) is 33.2 Å². The molecular formula is C14H22N4O2S. The van der Waals surface area contributed by atoms with Crippen LogP contribution < -0.4 is 5.73 Å². The number of hydrogen-bond donors (Lipinski definition) is 1. The Morgan fingerprint density at radius 2 is 2.05 bits per heavy atom. The van der Waals surface area contributed by atoms with Crippen molar-refractivity contribution in [2.45, 2.75) is 20.3 Å². The fourth-order valence-electron chi connectivity index (χ4n) is 2.57. The van der Waals surface area contributed by atoms with E-state index in [9.17, 15) is 9.59 Å². The summed E-state index contributed by atoms with van der Waals surface area (Å²) in [5.74, 6) is -0.597. The number of aryl methyl sites for hydroxylation is 2. The minimum Gasteiger partial charge on any atom is -0.369 e. The number of hydrogen-bond acceptors (Lipinski definition) is 5. The van der Waals surface area contributed by atoms with Crippen LogP contribution >= 0.6 is 11.3 Å². The number of thiazole rings is 1. The summed E-state index contributed by atoms with van der Waals surface area (Å²) in [6.45, 7) is 6.28. The highest BCUT2D eigenvalue weighted by Crippen LogP contribution is 2.19. The first-order valence-electron chi connectivity index (χ1n) is 7.05. The minimum atomic E-state index is -0.341. The molecular weight excluding hydrogens is 288 g/mol. The monoisotopic (exact) mass is 310 g/mol. The van der Waals surface area contributed by atoms with Gasteiger partial charge in [-0.2, -0.15) is 0 Å². The molecule has 2 heterocycles. The molecule has 0 saturated carbocycles. The van der Waals surface area contributed by atoms with Crippen molar-refractivity contribution >= 4 is 23.2 Å². The van der Waals surface area contributed by atoms with Gasteiger partial charge in [0.15, 0.2) is 0 Å². The summed E-state index contributed by atoms with van der Waals surface area (Å²) in [6.07, 6.45) is 0.354. The third kappa shape index (κ3) is 4.01. The first-order valence-corrected chi connectivity index (χ1v) is 7.87. The van der Waals surface area contributed by atoms with Crippen LogP contribution in [0.2, 0.25) is 0 Å². The number of rotatable bonds is 3. The smallest absolute Gasteiger partial charge is 0.227 e. The molecule has 0 bridgehead atoms. The van der Waals surface area contributed by atoms with E-state index in [1.807, 2.05) is 25.8 Å². The van der Waals surface area contributed by atoms with Gasteiger partial charge in [0.2, 0.25) is 11.8 Å². The molecule has 21 heavy (non-hydrogen) atoms. The average Bonchev–Trinajstić information content (AvgIpc) is 2.61. The maximum absolute atomic E-state index is 12.5. The fraction of sp³-hybridized carbons (Fsp3) is 0.643. The molecule has 1 fully saturated rings. The second-order valence-electron chi connectivity index (χ2n) is 5.62. The predicted molar refractivity (Wildman–Crippen MR) is 82.1 cm³/mol. The quantitative estimate of drug-likeness (QED) is 0.863. The van der Waals surface area contributed by atoms with Crippen LogP contribution in [-0.2, 0) is 16.0 Å². The Morgan fingerprint density at radius 1 is 1.33 bits per heavy atom. The largest absolute Gasteiger partial charge is 0.369 e. The number of primary amides is 1.